The molecule has 0 aliphatic rings. The molecule has 0 bridgehead atoms. The summed E-state index contributed by atoms with van der Waals surface area (Å²) in [6.45, 7) is 1.32. The summed E-state index contributed by atoms with van der Waals surface area (Å²) < 4.78 is 13.8. The summed E-state index contributed by atoms with van der Waals surface area (Å²) in [5.41, 5.74) is 0.364. The van der Waals surface area contributed by atoms with Gasteiger partial charge in [-0.2, -0.15) is 0 Å². The van der Waals surface area contributed by atoms with Crippen LogP contribution in [0.4, 0.5) is 4.39 Å². The topological polar surface area (TPSA) is 32.3 Å². The predicted molar refractivity (Wildman–Crippen MR) is 70.0 cm³/mol. The average molecular weight is 336 g/mol. The third-order valence-electron chi connectivity index (χ3n) is 1.97. The lowest BCUT2D eigenvalue weighted by Gasteiger charge is -2.10. The van der Waals surface area contributed by atoms with Gasteiger partial charge in [0, 0.05) is 22.2 Å². The Morgan fingerprint density at radius 3 is 2.69 bits per heavy atom. The molecule has 0 saturated heterocycles. The molecule has 0 radical (unpaired) electrons. The molecule has 0 aliphatic carbocycles. The van der Waals surface area contributed by atoms with Crippen molar-refractivity contribution in [3.63, 3.8) is 0 Å². The molecule has 0 heterocycles. The number of halogens is 2. The SMILES string of the molecule is CN(C)CCNC(=O)c1cc(F)cc(I)c1. The van der Waals surface area contributed by atoms with E-state index in [0.29, 0.717) is 12.1 Å². The lowest BCUT2D eigenvalue weighted by molar-refractivity contribution is 0.0950. The molecule has 0 spiro atoms. The normalized spacial score (nSPS) is 10.6. The van der Waals surface area contributed by atoms with Gasteiger partial charge in [0.2, 0.25) is 0 Å². The first-order chi connectivity index (χ1) is 7.49. The summed E-state index contributed by atoms with van der Waals surface area (Å²) in [6.07, 6.45) is 0. The molecule has 0 aliphatic heterocycles. The molecule has 1 aromatic rings. The molecule has 88 valence electrons. The van der Waals surface area contributed by atoms with Gasteiger partial charge < -0.3 is 10.2 Å². The average Bonchev–Trinajstić information content (AvgIpc) is 2.15. The molecule has 5 heteroatoms. The van der Waals surface area contributed by atoms with Gasteiger partial charge in [-0.1, -0.05) is 0 Å². The van der Waals surface area contributed by atoms with Crippen molar-refractivity contribution < 1.29 is 9.18 Å². The maximum atomic E-state index is 13.0. The Hall–Kier alpha value is -0.690. The number of nitrogens with zero attached hydrogens (tertiary/aromatic N) is 1. The van der Waals surface area contributed by atoms with Crippen LogP contribution >= 0.6 is 22.6 Å². The number of amides is 1. The maximum Gasteiger partial charge on any atom is 0.251 e. The van der Waals surface area contributed by atoms with Crippen LogP contribution in [0.3, 0.4) is 0 Å². The highest BCUT2D eigenvalue weighted by molar-refractivity contribution is 14.1. The van der Waals surface area contributed by atoms with Crippen LogP contribution in [0.15, 0.2) is 18.2 Å². The van der Waals surface area contributed by atoms with Crippen LogP contribution in [0.2, 0.25) is 0 Å². The van der Waals surface area contributed by atoms with Crippen LogP contribution in [-0.4, -0.2) is 38.0 Å². The minimum absolute atomic E-state index is 0.237. The van der Waals surface area contributed by atoms with Crippen molar-refractivity contribution in [3.05, 3.63) is 33.1 Å². The minimum atomic E-state index is -0.385. The van der Waals surface area contributed by atoms with Gasteiger partial charge in [-0.05, 0) is 54.9 Å². The lowest BCUT2D eigenvalue weighted by Crippen LogP contribution is -2.31. The number of hydrogen-bond donors (Lipinski definition) is 1. The molecule has 3 nitrogen and oxygen atoms in total. The molecular formula is C11H14FIN2O. The van der Waals surface area contributed by atoms with Gasteiger partial charge in [0.25, 0.3) is 5.91 Å². The first kappa shape index (κ1) is 13.4. The van der Waals surface area contributed by atoms with E-state index in [4.69, 9.17) is 0 Å². The molecule has 0 fully saturated rings. The van der Waals surface area contributed by atoms with Gasteiger partial charge >= 0.3 is 0 Å². The quantitative estimate of drug-likeness (QED) is 0.850. The van der Waals surface area contributed by atoms with Crippen LogP contribution in [0, 0.1) is 9.39 Å². The van der Waals surface area contributed by atoms with Crippen LogP contribution in [0.25, 0.3) is 0 Å². The zero-order chi connectivity index (χ0) is 12.1. The Morgan fingerprint density at radius 1 is 1.44 bits per heavy atom. The smallest absolute Gasteiger partial charge is 0.251 e. The number of benzene rings is 1. The van der Waals surface area contributed by atoms with E-state index in [1.165, 1.54) is 12.1 Å². The first-order valence-corrected chi connectivity index (χ1v) is 5.96. The van der Waals surface area contributed by atoms with Crippen molar-refractivity contribution >= 4 is 28.5 Å². The van der Waals surface area contributed by atoms with E-state index in [1.807, 2.05) is 41.6 Å². The van der Waals surface area contributed by atoms with E-state index in [2.05, 4.69) is 5.32 Å². The fourth-order valence-corrected chi connectivity index (χ4v) is 1.81. The van der Waals surface area contributed by atoms with Crippen molar-refractivity contribution in [2.75, 3.05) is 27.2 Å². The fraction of sp³-hybridized carbons (Fsp3) is 0.364. The molecule has 0 saturated carbocycles. The maximum absolute atomic E-state index is 13.0. The van der Waals surface area contributed by atoms with Gasteiger partial charge in [-0.3, -0.25) is 4.79 Å². The number of nitrogens with one attached hydrogen (secondary N) is 1. The highest BCUT2D eigenvalue weighted by atomic mass is 127. The second-order valence-electron chi connectivity index (χ2n) is 3.72. The Morgan fingerprint density at radius 2 is 2.12 bits per heavy atom. The number of hydrogen-bond acceptors (Lipinski definition) is 2. The molecular weight excluding hydrogens is 322 g/mol. The van der Waals surface area contributed by atoms with Gasteiger partial charge in [0.05, 0.1) is 0 Å². The highest BCUT2D eigenvalue weighted by Gasteiger charge is 2.07. The molecule has 0 aromatic heterocycles. The van der Waals surface area contributed by atoms with Crippen LogP contribution in [0.1, 0.15) is 10.4 Å². The third-order valence-corrected chi connectivity index (χ3v) is 2.59. The molecule has 1 N–H and O–H groups in total. The van der Waals surface area contributed by atoms with E-state index in [0.717, 1.165) is 10.1 Å². The van der Waals surface area contributed by atoms with E-state index < -0.39 is 0 Å². The first-order valence-electron chi connectivity index (χ1n) is 4.88. The molecule has 1 aromatic carbocycles. The summed E-state index contributed by atoms with van der Waals surface area (Å²) in [7, 11) is 3.86. The van der Waals surface area contributed by atoms with E-state index in [-0.39, 0.29) is 11.7 Å². The summed E-state index contributed by atoms with van der Waals surface area (Å²) in [4.78, 5) is 13.6. The Balaban J connectivity index is 2.59. The number of rotatable bonds is 4. The monoisotopic (exact) mass is 336 g/mol. The van der Waals surface area contributed by atoms with Crippen molar-refractivity contribution in [2.45, 2.75) is 0 Å². The summed E-state index contributed by atoms with van der Waals surface area (Å²) in [5, 5.41) is 2.73. The van der Waals surface area contributed by atoms with Crippen LogP contribution in [-0.2, 0) is 0 Å². The third kappa shape index (κ3) is 4.44. The zero-order valence-corrected chi connectivity index (χ0v) is 11.4. The van der Waals surface area contributed by atoms with Gasteiger partial charge in [0.1, 0.15) is 5.82 Å². The number of likely N-dealkylation sites (N-methyl/N-ethyl adjacent to an activating group) is 1. The Labute approximate surface area is 108 Å². The van der Waals surface area contributed by atoms with E-state index >= 15 is 0 Å². The zero-order valence-electron chi connectivity index (χ0n) is 9.26. The summed E-state index contributed by atoms with van der Waals surface area (Å²) in [5.74, 6) is -0.621. The van der Waals surface area contributed by atoms with Gasteiger partial charge in [-0.25, -0.2) is 4.39 Å². The summed E-state index contributed by atoms with van der Waals surface area (Å²) >= 11 is 1.98. The fourth-order valence-electron chi connectivity index (χ4n) is 1.18. The van der Waals surface area contributed by atoms with E-state index in [1.54, 1.807) is 6.07 Å². The minimum Gasteiger partial charge on any atom is -0.351 e. The summed E-state index contributed by atoms with van der Waals surface area (Å²) in [6, 6.07) is 4.29. The van der Waals surface area contributed by atoms with Crippen molar-refractivity contribution in [1.29, 1.82) is 0 Å². The number of carbonyl (C=O) groups is 1. The van der Waals surface area contributed by atoms with Crippen molar-refractivity contribution in [2.24, 2.45) is 0 Å². The van der Waals surface area contributed by atoms with Crippen LogP contribution < -0.4 is 5.32 Å². The number of carbonyl (C=O) groups excluding carboxylic acids is 1. The largest absolute Gasteiger partial charge is 0.351 e. The van der Waals surface area contributed by atoms with Gasteiger partial charge in [0.15, 0.2) is 0 Å². The second-order valence-corrected chi connectivity index (χ2v) is 4.96. The molecule has 1 amide bonds. The van der Waals surface area contributed by atoms with Gasteiger partial charge in [-0.15, -0.1) is 0 Å². The molecule has 1 rings (SSSR count). The molecule has 0 atom stereocenters. The van der Waals surface area contributed by atoms with Crippen molar-refractivity contribution in [3.8, 4) is 0 Å². The predicted octanol–water partition coefficient (Wildman–Crippen LogP) is 1.72. The van der Waals surface area contributed by atoms with Crippen LogP contribution in [0.5, 0.6) is 0 Å². The Bertz CT molecular complexity index is 362. The Kier molecular flexibility index (Phi) is 5.14. The highest BCUT2D eigenvalue weighted by Crippen LogP contribution is 2.11. The molecule has 16 heavy (non-hydrogen) atoms. The van der Waals surface area contributed by atoms with E-state index in [9.17, 15) is 9.18 Å². The lowest BCUT2D eigenvalue weighted by atomic mass is 10.2. The molecule has 0 unspecified atom stereocenters. The second kappa shape index (κ2) is 6.15. The standard InChI is InChI=1S/C11H14FIN2O/c1-15(2)4-3-14-11(16)8-5-9(12)7-10(13)6-8/h5-7H,3-4H2,1-2H3,(H,14,16). The van der Waals surface area contributed by atoms with Crippen molar-refractivity contribution in [1.82, 2.24) is 10.2 Å².